The molecule has 202 valence electrons. The lowest BCUT2D eigenvalue weighted by atomic mass is 10.1. The number of carbonyl (C=O) groups excluding carboxylic acids is 2. The third kappa shape index (κ3) is 7.11. The molecule has 0 radical (unpaired) electrons. The van der Waals surface area contributed by atoms with Crippen molar-refractivity contribution in [1.29, 1.82) is 0 Å². The molecule has 0 aromatic heterocycles. The van der Waals surface area contributed by atoms with Crippen LogP contribution >= 0.6 is 11.6 Å². The molecule has 0 saturated carbocycles. The molecule has 2 atom stereocenters. The van der Waals surface area contributed by atoms with E-state index in [1.807, 2.05) is 44.2 Å². The van der Waals surface area contributed by atoms with Gasteiger partial charge in [0.1, 0.15) is 18.4 Å². The zero-order valence-electron chi connectivity index (χ0n) is 21.5. The van der Waals surface area contributed by atoms with E-state index >= 15 is 0 Å². The minimum atomic E-state index is -4.25. The minimum absolute atomic E-state index is 0.0185. The van der Waals surface area contributed by atoms with Crippen LogP contribution in [0.15, 0.2) is 83.8 Å². The van der Waals surface area contributed by atoms with Gasteiger partial charge in [-0.15, -0.1) is 0 Å². The van der Waals surface area contributed by atoms with E-state index in [0.29, 0.717) is 6.42 Å². The molecule has 0 fully saturated rings. The second-order valence-electron chi connectivity index (χ2n) is 8.92. The largest absolute Gasteiger partial charge is 0.352 e. The fraction of sp³-hybridized carbons (Fsp3) is 0.286. The highest BCUT2D eigenvalue weighted by atomic mass is 35.5. The molecular formula is C28H31ClFN3O4S. The van der Waals surface area contributed by atoms with E-state index in [-0.39, 0.29) is 34.1 Å². The monoisotopic (exact) mass is 559 g/mol. The Bertz CT molecular complexity index is 1360. The molecule has 0 heterocycles. The summed E-state index contributed by atoms with van der Waals surface area (Å²) in [4.78, 5) is 28.1. The summed E-state index contributed by atoms with van der Waals surface area (Å²) in [6.45, 7) is 4.84. The Morgan fingerprint density at radius 2 is 1.58 bits per heavy atom. The number of nitrogens with one attached hydrogen (secondary N) is 1. The first-order chi connectivity index (χ1) is 18.0. The van der Waals surface area contributed by atoms with Crippen LogP contribution in [0, 0.1) is 5.82 Å². The van der Waals surface area contributed by atoms with Crippen molar-refractivity contribution < 1.29 is 22.4 Å². The number of nitrogens with zero attached hydrogens (tertiary/aromatic N) is 2. The van der Waals surface area contributed by atoms with Crippen molar-refractivity contribution in [1.82, 2.24) is 10.2 Å². The predicted octanol–water partition coefficient (Wildman–Crippen LogP) is 5.01. The SMILES string of the molecule is CC[C@@H](C)NC(=O)[C@@H](C)N(Cc1ccccc1)C(=O)CN(c1ccc(F)c(Cl)c1)S(=O)(=O)c1ccccc1. The van der Waals surface area contributed by atoms with Crippen LogP contribution in [0.2, 0.25) is 5.02 Å². The number of halogens is 2. The predicted molar refractivity (Wildman–Crippen MR) is 147 cm³/mol. The van der Waals surface area contributed by atoms with Crippen LogP contribution in [0.4, 0.5) is 10.1 Å². The molecule has 1 N–H and O–H groups in total. The molecule has 3 rings (SSSR count). The van der Waals surface area contributed by atoms with Gasteiger partial charge in [-0.05, 0) is 56.2 Å². The molecule has 0 aliphatic heterocycles. The normalized spacial score (nSPS) is 12.9. The van der Waals surface area contributed by atoms with E-state index in [1.165, 1.54) is 23.1 Å². The van der Waals surface area contributed by atoms with Gasteiger partial charge >= 0.3 is 0 Å². The van der Waals surface area contributed by atoms with Crippen LogP contribution in [0.1, 0.15) is 32.8 Å². The van der Waals surface area contributed by atoms with Crippen LogP contribution in [0.25, 0.3) is 0 Å². The topological polar surface area (TPSA) is 86.8 Å². The van der Waals surface area contributed by atoms with Crippen LogP contribution in [-0.4, -0.2) is 43.8 Å². The van der Waals surface area contributed by atoms with Crippen LogP contribution in [0.3, 0.4) is 0 Å². The lowest BCUT2D eigenvalue weighted by Gasteiger charge is -2.32. The summed E-state index contributed by atoms with van der Waals surface area (Å²) in [6, 6.07) is 19.2. The average Bonchev–Trinajstić information content (AvgIpc) is 2.92. The number of hydrogen-bond acceptors (Lipinski definition) is 4. The maximum atomic E-state index is 13.9. The van der Waals surface area contributed by atoms with Gasteiger partial charge < -0.3 is 10.2 Å². The second kappa shape index (κ2) is 12.9. The van der Waals surface area contributed by atoms with Gasteiger partial charge in [0.25, 0.3) is 10.0 Å². The van der Waals surface area contributed by atoms with Gasteiger partial charge in [0.15, 0.2) is 0 Å². The highest BCUT2D eigenvalue weighted by Crippen LogP contribution is 2.28. The molecule has 0 spiro atoms. The van der Waals surface area contributed by atoms with E-state index in [0.717, 1.165) is 22.0 Å². The van der Waals surface area contributed by atoms with Crippen molar-refractivity contribution in [2.24, 2.45) is 0 Å². The number of hydrogen-bond donors (Lipinski definition) is 1. The molecule has 3 aromatic carbocycles. The average molecular weight is 560 g/mol. The molecule has 0 unspecified atom stereocenters. The molecule has 2 amide bonds. The van der Waals surface area contributed by atoms with Gasteiger partial charge in [0.05, 0.1) is 15.6 Å². The quantitative estimate of drug-likeness (QED) is 0.358. The summed E-state index contributed by atoms with van der Waals surface area (Å²) >= 11 is 5.97. The van der Waals surface area contributed by atoms with E-state index in [9.17, 15) is 22.4 Å². The fourth-order valence-corrected chi connectivity index (χ4v) is 5.32. The Balaban J connectivity index is 2.02. The van der Waals surface area contributed by atoms with Crippen molar-refractivity contribution in [2.45, 2.75) is 50.7 Å². The van der Waals surface area contributed by atoms with Gasteiger partial charge in [0, 0.05) is 12.6 Å². The molecule has 3 aromatic rings. The lowest BCUT2D eigenvalue weighted by molar-refractivity contribution is -0.139. The molecule has 0 bridgehead atoms. The Kier molecular flexibility index (Phi) is 9.88. The highest BCUT2D eigenvalue weighted by molar-refractivity contribution is 7.92. The first-order valence-electron chi connectivity index (χ1n) is 12.2. The number of anilines is 1. The standard InChI is InChI=1S/C28H31ClFN3O4S/c1-4-20(2)31-28(35)21(3)32(18-22-11-7-5-8-12-22)27(34)19-33(23-15-16-26(30)25(29)17-23)38(36,37)24-13-9-6-10-14-24/h5-17,20-21H,4,18-19H2,1-3H3,(H,31,35)/t20-,21-/m1/s1. The van der Waals surface area contributed by atoms with Gasteiger partial charge in [-0.1, -0.05) is 67.1 Å². The van der Waals surface area contributed by atoms with Crippen molar-refractivity contribution in [2.75, 3.05) is 10.8 Å². The second-order valence-corrected chi connectivity index (χ2v) is 11.2. The third-order valence-corrected chi connectivity index (χ3v) is 8.24. The number of carbonyl (C=O) groups is 2. The van der Waals surface area contributed by atoms with Crippen molar-refractivity contribution in [3.63, 3.8) is 0 Å². The summed E-state index contributed by atoms with van der Waals surface area (Å²) in [7, 11) is -4.25. The summed E-state index contributed by atoms with van der Waals surface area (Å²) in [6.07, 6.45) is 0.708. The maximum Gasteiger partial charge on any atom is 0.264 e. The summed E-state index contributed by atoms with van der Waals surface area (Å²) in [5.41, 5.74) is 0.788. The number of rotatable bonds is 11. The van der Waals surface area contributed by atoms with Gasteiger partial charge in [-0.3, -0.25) is 13.9 Å². The molecule has 0 aliphatic carbocycles. The zero-order valence-corrected chi connectivity index (χ0v) is 23.0. The van der Waals surface area contributed by atoms with E-state index in [2.05, 4.69) is 5.32 Å². The van der Waals surface area contributed by atoms with E-state index in [4.69, 9.17) is 11.6 Å². The van der Waals surface area contributed by atoms with Crippen LogP contribution in [-0.2, 0) is 26.2 Å². The number of sulfonamides is 1. The van der Waals surface area contributed by atoms with Gasteiger partial charge in [0.2, 0.25) is 11.8 Å². The zero-order chi connectivity index (χ0) is 27.9. The van der Waals surface area contributed by atoms with E-state index in [1.54, 1.807) is 25.1 Å². The molecular weight excluding hydrogens is 529 g/mol. The van der Waals surface area contributed by atoms with Gasteiger partial charge in [-0.25, -0.2) is 12.8 Å². The first-order valence-corrected chi connectivity index (χ1v) is 14.0. The Labute approximate surface area is 228 Å². The van der Waals surface area contributed by atoms with E-state index < -0.39 is 34.3 Å². The van der Waals surface area contributed by atoms with Crippen LogP contribution in [0.5, 0.6) is 0 Å². The maximum absolute atomic E-state index is 13.9. The Morgan fingerprint density at radius 1 is 0.974 bits per heavy atom. The molecule has 0 aliphatic rings. The van der Waals surface area contributed by atoms with Crippen molar-refractivity contribution >= 4 is 39.1 Å². The molecule has 10 heteroatoms. The molecule has 38 heavy (non-hydrogen) atoms. The van der Waals surface area contributed by atoms with Crippen molar-refractivity contribution in [3.8, 4) is 0 Å². The third-order valence-electron chi connectivity index (χ3n) is 6.17. The summed E-state index contributed by atoms with van der Waals surface area (Å²) in [5, 5.41) is 2.60. The Hall–Kier alpha value is -3.43. The summed E-state index contributed by atoms with van der Waals surface area (Å²) < 4.78 is 42.2. The highest BCUT2D eigenvalue weighted by Gasteiger charge is 2.33. The molecule has 0 saturated heterocycles. The fourth-order valence-electron chi connectivity index (χ4n) is 3.72. The Morgan fingerprint density at radius 3 is 2.16 bits per heavy atom. The molecule has 7 nitrogen and oxygen atoms in total. The van der Waals surface area contributed by atoms with Crippen molar-refractivity contribution in [3.05, 3.63) is 95.3 Å². The lowest BCUT2D eigenvalue weighted by Crippen LogP contribution is -2.52. The number of amides is 2. The smallest absolute Gasteiger partial charge is 0.264 e. The number of benzene rings is 3. The van der Waals surface area contributed by atoms with Crippen LogP contribution < -0.4 is 9.62 Å². The summed E-state index contributed by atoms with van der Waals surface area (Å²) in [5.74, 6) is -1.69. The minimum Gasteiger partial charge on any atom is -0.352 e. The first kappa shape index (κ1) is 29.1. The van der Waals surface area contributed by atoms with Gasteiger partial charge in [-0.2, -0.15) is 0 Å².